The number of amides is 3. The molecule has 2 unspecified atom stereocenters. The van der Waals surface area contributed by atoms with Crippen molar-refractivity contribution in [3.8, 4) is 11.5 Å². The van der Waals surface area contributed by atoms with Gasteiger partial charge in [-0.3, -0.25) is 23.5 Å². The zero-order valence-electron chi connectivity index (χ0n) is 19.9. The molecule has 0 spiro atoms. The predicted molar refractivity (Wildman–Crippen MR) is 130 cm³/mol. The molecule has 0 saturated carbocycles. The van der Waals surface area contributed by atoms with Crippen LogP contribution in [-0.2, 0) is 25.2 Å². The lowest BCUT2D eigenvalue weighted by atomic mass is 10.1. The lowest BCUT2D eigenvalue weighted by Crippen LogP contribution is -2.53. The second-order valence-electron chi connectivity index (χ2n) is 9.00. The first-order valence-electron chi connectivity index (χ1n) is 10.9. The molecule has 0 aromatic heterocycles. The fourth-order valence-corrected chi connectivity index (χ4v) is 4.23. The maximum absolute atomic E-state index is 13.4. The number of rotatable bonds is 8. The van der Waals surface area contributed by atoms with E-state index < -0.39 is 57.4 Å². The van der Waals surface area contributed by atoms with Gasteiger partial charge in [-0.2, -0.15) is 0 Å². The van der Waals surface area contributed by atoms with Crippen molar-refractivity contribution < 1.29 is 32.5 Å². The summed E-state index contributed by atoms with van der Waals surface area (Å²) in [6.07, 6.45) is 0. The van der Waals surface area contributed by atoms with E-state index in [0.29, 0.717) is 17.2 Å². The fourth-order valence-electron chi connectivity index (χ4n) is 3.35. The summed E-state index contributed by atoms with van der Waals surface area (Å²) >= 11 is 0. The van der Waals surface area contributed by atoms with Crippen LogP contribution >= 0.6 is 0 Å². The van der Waals surface area contributed by atoms with E-state index in [2.05, 4.69) is 10.6 Å². The van der Waals surface area contributed by atoms with Gasteiger partial charge in [0, 0.05) is 33.8 Å². The molecule has 11 heteroatoms. The van der Waals surface area contributed by atoms with E-state index in [1.54, 1.807) is 39.0 Å². The number of nitrogens with zero attached hydrogens (tertiary/aromatic N) is 1. The van der Waals surface area contributed by atoms with Crippen molar-refractivity contribution in [2.24, 2.45) is 0 Å². The van der Waals surface area contributed by atoms with Gasteiger partial charge in [-0.1, -0.05) is 0 Å². The Bertz CT molecular complexity index is 1130. The minimum Gasteiger partial charge on any atom is -0.454 e. The Morgan fingerprint density at radius 1 is 1.06 bits per heavy atom. The van der Waals surface area contributed by atoms with Crippen molar-refractivity contribution in [2.45, 2.75) is 39.3 Å². The molecule has 0 aliphatic carbocycles. The number of fused-ring (bicyclic) bond motifs is 1. The van der Waals surface area contributed by atoms with Crippen molar-refractivity contribution in [1.29, 1.82) is 0 Å². The molecular formula is C24H28FN3O6S. The van der Waals surface area contributed by atoms with Gasteiger partial charge in [0.1, 0.15) is 23.4 Å². The number of carbonyl (C=O) groups is 3. The summed E-state index contributed by atoms with van der Waals surface area (Å²) < 4.78 is 36.6. The van der Waals surface area contributed by atoms with Crippen LogP contribution in [0.1, 0.15) is 27.7 Å². The highest BCUT2D eigenvalue weighted by Gasteiger charge is 2.30. The molecule has 2 N–H and O–H groups in total. The smallest absolute Gasteiger partial charge is 0.243 e. The lowest BCUT2D eigenvalue weighted by molar-refractivity contribution is -0.126. The molecular weight excluding hydrogens is 477 g/mol. The van der Waals surface area contributed by atoms with Gasteiger partial charge in [-0.15, -0.1) is 0 Å². The minimum atomic E-state index is -1.87. The Labute approximate surface area is 205 Å². The summed E-state index contributed by atoms with van der Waals surface area (Å²) in [5.41, 5.74) is 0.163. The Morgan fingerprint density at radius 2 is 1.71 bits per heavy atom. The summed E-state index contributed by atoms with van der Waals surface area (Å²) in [7, 11) is -1.87. The molecule has 0 fully saturated rings. The number of anilines is 2. The van der Waals surface area contributed by atoms with Crippen LogP contribution in [0.5, 0.6) is 11.5 Å². The number of nitrogens with one attached hydrogen (secondary N) is 2. The molecule has 1 aliphatic heterocycles. The number of benzene rings is 2. The molecule has 2 aromatic carbocycles. The molecule has 2 atom stereocenters. The van der Waals surface area contributed by atoms with E-state index in [1.807, 2.05) is 0 Å². The number of halogens is 1. The highest BCUT2D eigenvalue weighted by atomic mass is 32.2. The molecule has 0 bridgehead atoms. The first-order valence-corrected chi connectivity index (χ1v) is 12.4. The summed E-state index contributed by atoms with van der Waals surface area (Å²) in [4.78, 5) is 39.4. The third kappa shape index (κ3) is 7.25. The average molecular weight is 506 g/mol. The van der Waals surface area contributed by atoms with Crippen molar-refractivity contribution in [2.75, 3.05) is 28.5 Å². The van der Waals surface area contributed by atoms with Crippen molar-refractivity contribution in [1.82, 2.24) is 5.32 Å². The van der Waals surface area contributed by atoms with Crippen LogP contribution in [0, 0.1) is 5.82 Å². The topological polar surface area (TPSA) is 114 Å². The first-order chi connectivity index (χ1) is 16.4. The van der Waals surface area contributed by atoms with Gasteiger partial charge in [0.25, 0.3) is 0 Å². The van der Waals surface area contributed by atoms with Gasteiger partial charge in [0.05, 0.1) is 0 Å². The molecule has 188 valence electrons. The summed E-state index contributed by atoms with van der Waals surface area (Å²) in [5.74, 6) is -2.01. The largest absolute Gasteiger partial charge is 0.454 e. The zero-order valence-corrected chi connectivity index (χ0v) is 20.7. The van der Waals surface area contributed by atoms with Crippen molar-refractivity contribution in [3.05, 3.63) is 48.3 Å². The highest BCUT2D eigenvalue weighted by Crippen LogP contribution is 2.34. The van der Waals surface area contributed by atoms with Crippen LogP contribution in [0.15, 0.2) is 42.5 Å². The molecule has 1 heterocycles. The summed E-state index contributed by atoms with van der Waals surface area (Å²) in [5, 5.41) is 5.41. The van der Waals surface area contributed by atoms with Gasteiger partial charge in [-0.05, 0) is 64.1 Å². The number of ether oxygens (including phenoxy) is 2. The van der Waals surface area contributed by atoms with Crippen LogP contribution in [0.3, 0.4) is 0 Å². The van der Waals surface area contributed by atoms with E-state index in [-0.39, 0.29) is 12.5 Å². The van der Waals surface area contributed by atoms with Gasteiger partial charge in [0.2, 0.25) is 24.5 Å². The normalized spacial score (nSPS) is 14.1. The molecule has 0 radical (unpaired) electrons. The summed E-state index contributed by atoms with van der Waals surface area (Å²) in [6.45, 7) is 7.02. The fraction of sp³-hybridized carbons (Fsp3) is 0.375. The van der Waals surface area contributed by atoms with Crippen molar-refractivity contribution in [3.63, 3.8) is 0 Å². The highest BCUT2D eigenvalue weighted by molar-refractivity contribution is 7.86. The molecule has 35 heavy (non-hydrogen) atoms. The Kier molecular flexibility index (Phi) is 8.11. The maximum Gasteiger partial charge on any atom is 0.243 e. The SMILES string of the molecule is CC(C(=O)NC(C)(C)C)N(C(=O)CS(=O)CC(=O)Nc1ccc2c(c1)OCO2)c1ccc(F)cc1. The quantitative estimate of drug-likeness (QED) is 0.570. The monoisotopic (exact) mass is 505 g/mol. The first kappa shape index (κ1) is 26.1. The Balaban J connectivity index is 1.67. The van der Waals surface area contributed by atoms with Crippen LogP contribution in [0.2, 0.25) is 0 Å². The predicted octanol–water partition coefficient (Wildman–Crippen LogP) is 2.58. The van der Waals surface area contributed by atoms with Gasteiger partial charge >= 0.3 is 0 Å². The average Bonchev–Trinajstić information content (AvgIpc) is 3.21. The number of carbonyl (C=O) groups excluding carboxylic acids is 3. The second-order valence-corrected chi connectivity index (χ2v) is 10.5. The van der Waals surface area contributed by atoms with Gasteiger partial charge in [-0.25, -0.2) is 4.39 Å². The van der Waals surface area contributed by atoms with Crippen LogP contribution in [0.4, 0.5) is 15.8 Å². The van der Waals surface area contributed by atoms with E-state index in [4.69, 9.17) is 9.47 Å². The van der Waals surface area contributed by atoms with E-state index in [0.717, 1.165) is 4.90 Å². The standard InChI is InChI=1S/C24H28FN3O6S/c1-15(23(31)27-24(2,3)4)28(18-8-5-16(25)6-9-18)22(30)13-35(32)12-21(29)26-17-7-10-19-20(11-17)34-14-33-19/h5-11,15H,12-14H2,1-4H3,(H,26,29)(H,27,31). The van der Waals surface area contributed by atoms with Gasteiger partial charge < -0.3 is 20.1 Å². The second kappa shape index (κ2) is 10.9. The number of hydrogen-bond donors (Lipinski definition) is 2. The third-order valence-corrected chi connectivity index (χ3v) is 6.02. The summed E-state index contributed by atoms with van der Waals surface area (Å²) in [6, 6.07) is 8.94. The van der Waals surface area contributed by atoms with Crippen LogP contribution in [-0.4, -0.2) is 51.8 Å². The van der Waals surface area contributed by atoms with E-state index in [1.165, 1.54) is 31.2 Å². The molecule has 3 amide bonds. The Hall–Kier alpha value is -3.47. The zero-order chi connectivity index (χ0) is 25.8. The number of hydrogen-bond acceptors (Lipinski definition) is 6. The maximum atomic E-state index is 13.4. The van der Waals surface area contributed by atoms with Crippen LogP contribution in [0.25, 0.3) is 0 Å². The van der Waals surface area contributed by atoms with E-state index in [9.17, 15) is 23.0 Å². The third-order valence-electron chi connectivity index (χ3n) is 4.87. The molecule has 0 saturated heterocycles. The van der Waals surface area contributed by atoms with Crippen molar-refractivity contribution >= 4 is 39.9 Å². The molecule has 9 nitrogen and oxygen atoms in total. The lowest BCUT2D eigenvalue weighted by Gasteiger charge is -2.31. The molecule has 2 aromatic rings. The Morgan fingerprint density at radius 3 is 2.37 bits per heavy atom. The van der Waals surface area contributed by atoms with Crippen LogP contribution < -0.4 is 25.0 Å². The van der Waals surface area contributed by atoms with E-state index >= 15 is 0 Å². The molecule has 1 aliphatic rings. The van der Waals surface area contributed by atoms with Gasteiger partial charge in [0.15, 0.2) is 11.5 Å². The molecule has 3 rings (SSSR count). The minimum absolute atomic E-state index is 0.0929.